The zero-order chi connectivity index (χ0) is 13.6. The molecular weight excluding hydrogens is 287 g/mol. The van der Waals surface area contributed by atoms with Gasteiger partial charge in [0.2, 0.25) is 0 Å². The Morgan fingerprint density at radius 2 is 2.00 bits per heavy atom. The summed E-state index contributed by atoms with van der Waals surface area (Å²) in [6, 6.07) is 5.94. The third kappa shape index (κ3) is 2.44. The summed E-state index contributed by atoms with van der Waals surface area (Å²) < 4.78 is 36.1. The summed E-state index contributed by atoms with van der Waals surface area (Å²) in [6.45, 7) is 0.503. The Morgan fingerprint density at radius 3 is 2.68 bits per heavy atom. The summed E-state index contributed by atoms with van der Waals surface area (Å²) in [4.78, 5) is 1.89. The van der Waals surface area contributed by atoms with Crippen LogP contribution < -0.4 is 5.32 Å². The van der Waals surface area contributed by atoms with Crippen LogP contribution in [-0.4, -0.2) is 42.0 Å². The van der Waals surface area contributed by atoms with Crippen molar-refractivity contribution >= 4 is 27.2 Å². The second-order valence-corrected chi connectivity index (χ2v) is 7.50. The lowest BCUT2D eigenvalue weighted by Crippen LogP contribution is -2.36. The van der Waals surface area contributed by atoms with E-state index in [1.807, 2.05) is 4.90 Å². The Hall–Kier alpha value is -1.21. The Balaban J connectivity index is 1.80. The molecule has 0 unspecified atom stereocenters. The standard InChI is InChI=1S/C12H13FN2O2S2/c13-9-3-1-8(2-4-9)5-15-11-7-19(16,17)6-10(11)14-12(15)18/h1-4,10-11H,5-7H2,(H,14,18)/t10-,11-/m1/s1. The number of nitrogens with zero attached hydrogens (tertiary/aromatic N) is 1. The van der Waals surface area contributed by atoms with Crippen LogP contribution in [0.2, 0.25) is 0 Å². The Bertz CT molecular complexity index is 615. The van der Waals surface area contributed by atoms with Gasteiger partial charge >= 0.3 is 0 Å². The fourth-order valence-corrected chi connectivity index (χ4v) is 4.91. The van der Waals surface area contributed by atoms with Gasteiger partial charge in [0.15, 0.2) is 14.9 Å². The largest absolute Gasteiger partial charge is 0.357 e. The first-order valence-corrected chi connectivity index (χ1v) is 8.19. The Labute approximate surface area is 116 Å². The molecule has 4 nitrogen and oxygen atoms in total. The van der Waals surface area contributed by atoms with E-state index in [0.717, 1.165) is 5.56 Å². The van der Waals surface area contributed by atoms with Gasteiger partial charge in [-0.05, 0) is 29.9 Å². The van der Waals surface area contributed by atoms with Crippen LogP contribution in [0.3, 0.4) is 0 Å². The van der Waals surface area contributed by atoms with Gasteiger partial charge in [0.1, 0.15) is 5.82 Å². The van der Waals surface area contributed by atoms with E-state index in [1.54, 1.807) is 12.1 Å². The molecule has 0 spiro atoms. The van der Waals surface area contributed by atoms with Crippen LogP contribution in [0.25, 0.3) is 0 Å². The number of halogens is 1. The summed E-state index contributed by atoms with van der Waals surface area (Å²) in [6.07, 6.45) is 0. The highest BCUT2D eigenvalue weighted by Crippen LogP contribution is 2.25. The fourth-order valence-electron chi connectivity index (χ4n) is 2.64. The summed E-state index contributed by atoms with van der Waals surface area (Å²) in [5.74, 6) is -0.0174. The molecule has 0 bridgehead atoms. The molecule has 0 amide bonds. The van der Waals surface area contributed by atoms with Gasteiger partial charge in [-0.3, -0.25) is 0 Å². The molecule has 7 heteroatoms. The first-order chi connectivity index (χ1) is 8.94. The number of fused-ring (bicyclic) bond motifs is 1. The highest BCUT2D eigenvalue weighted by atomic mass is 32.2. The summed E-state index contributed by atoms with van der Waals surface area (Å²) in [7, 11) is -2.98. The average molecular weight is 300 g/mol. The van der Waals surface area contributed by atoms with Gasteiger partial charge in [0.05, 0.1) is 23.6 Å². The molecule has 2 heterocycles. The van der Waals surface area contributed by atoms with Gasteiger partial charge in [-0.15, -0.1) is 0 Å². The molecule has 2 aliphatic rings. The van der Waals surface area contributed by atoms with Crippen LogP contribution >= 0.6 is 12.2 Å². The molecule has 1 N–H and O–H groups in total. The second kappa shape index (κ2) is 4.42. The summed E-state index contributed by atoms with van der Waals surface area (Å²) >= 11 is 5.24. The quantitative estimate of drug-likeness (QED) is 0.814. The van der Waals surface area contributed by atoms with E-state index in [2.05, 4.69) is 5.32 Å². The molecule has 2 fully saturated rings. The fraction of sp³-hybridized carbons (Fsp3) is 0.417. The predicted molar refractivity (Wildman–Crippen MR) is 73.9 cm³/mol. The summed E-state index contributed by atoms with van der Waals surface area (Å²) in [5.41, 5.74) is 0.912. The van der Waals surface area contributed by atoms with Gasteiger partial charge in [-0.1, -0.05) is 12.1 Å². The van der Waals surface area contributed by atoms with E-state index >= 15 is 0 Å². The molecule has 0 aliphatic carbocycles. The predicted octanol–water partition coefficient (Wildman–Crippen LogP) is 0.681. The smallest absolute Gasteiger partial charge is 0.169 e. The maximum atomic E-state index is 12.9. The average Bonchev–Trinajstić information content (AvgIpc) is 2.75. The topological polar surface area (TPSA) is 49.4 Å². The number of rotatable bonds is 2. The van der Waals surface area contributed by atoms with Gasteiger partial charge in [0, 0.05) is 6.54 Å². The van der Waals surface area contributed by atoms with Crippen LogP contribution in [0.15, 0.2) is 24.3 Å². The van der Waals surface area contributed by atoms with Crippen LogP contribution in [0.1, 0.15) is 5.56 Å². The molecule has 0 aromatic heterocycles. The lowest BCUT2D eigenvalue weighted by Gasteiger charge is -2.23. The van der Waals surface area contributed by atoms with E-state index < -0.39 is 9.84 Å². The van der Waals surface area contributed by atoms with Crippen molar-refractivity contribution in [1.29, 1.82) is 0 Å². The SMILES string of the molecule is O=S1(=O)C[C@@H]2[C@@H](C1)NC(=S)N2Cc1ccc(F)cc1. The van der Waals surface area contributed by atoms with E-state index in [4.69, 9.17) is 12.2 Å². The lowest BCUT2D eigenvalue weighted by molar-refractivity contribution is 0.348. The molecule has 1 aromatic carbocycles. The van der Waals surface area contributed by atoms with Crippen LogP contribution in [0.5, 0.6) is 0 Å². The first kappa shape index (κ1) is 12.8. The van der Waals surface area contributed by atoms with Gasteiger partial charge in [-0.2, -0.15) is 0 Å². The number of sulfone groups is 1. The zero-order valence-electron chi connectivity index (χ0n) is 10.0. The van der Waals surface area contributed by atoms with Gasteiger partial charge < -0.3 is 10.2 Å². The molecule has 1 aromatic rings. The van der Waals surface area contributed by atoms with Crippen molar-refractivity contribution < 1.29 is 12.8 Å². The van der Waals surface area contributed by atoms with Crippen LogP contribution in [0.4, 0.5) is 4.39 Å². The molecule has 0 saturated carbocycles. The van der Waals surface area contributed by atoms with Crippen molar-refractivity contribution in [3.05, 3.63) is 35.6 Å². The van der Waals surface area contributed by atoms with Crippen LogP contribution in [-0.2, 0) is 16.4 Å². The first-order valence-electron chi connectivity index (χ1n) is 5.97. The molecule has 3 rings (SSSR count). The van der Waals surface area contributed by atoms with Crippen molar-refractivity contribution in [3.63, 3.8) is 0 Å². The van der Waals surface area contributed by atoms with Gasteiger partial charge in [0.25, 0.3) is 0 Å². The minimum Gasteiger partial charge on any atom is -0.357 e. The molecule has 2 atom stereocenters. The zero-order valence-corrected chi connectivity index (χ0v) is 11.7. The number of hydrogen-bond donors (Lipinski definition) is 1. The monoisotopic (exact) mass is 300 g/mol. The molecule has 0 radical (unpaired) electrons. The van der Waals surface area contributed by atoms with Crippen molar-refractivity contribution in [1.82, 2.24) is 10.2 Å². The summed E-state index contributed by atoms with van der Waals surface area (Å²) in [5, 5.41) is 3.64. The van der Waals surface area contributed by atoms with E-state index in [0.29, 0.717) is 11.7 Å². The molecular formula is C12H13FN2O2S2. The Morgan fingerprint density at radius 1 is 1.32 bits per heavy atom. The Kier molecular flexibility index (Phi) is 2.98. The van der Waals surface area contributed by atoms with E-state index in [1.165, 1.54) is 12.1 Å². The molecule has 19 heavy (non-hydrogen) atoms. The van der Waals surface area contributed by atoms with Gasteiger partial charge in [-0.25, -0.2) is 12.8 Å². The lowest BCUT2D eigenvalue weighted by atomic mass is 10.1. The minimum absolute atomic E-state index is 0.109. The second-order valence-electron chi connectivity index (χ2n) is 4.95. The molecule has 2 aliphatic heterocycles. The van der Waals surface area contributed by atoms with Crippen molar-refractivity contribution in [3.8, 4) is 0 Å². The van der Waals surface area contributed by atoms with E-state index in [9.17, 15) is 12.8 Å². The molecule has 2 saturated heterocycles. The van der Waals surface area contributed by atoms with Crippen molar-refractivity contribution in [2.75, 3.05) is 11.5 Å². The number of nitrogens with one attached hydrogen (secondary N) is 1. The highest BCUT2D eigenvalue weighted by molar-refractivity contribution is 7.91. The maximum Gasteiger partial charge on any atom is 0.169 e. The third-order valence-corrected chi connectivity index (χ3v) is 5.63. The van der Waals surface area contributed by atoms with Crippen molar-refractivity contribution in [2.24, 2.45) is 0 Å². The number of thiocarbonyl (C=S) groups is 1. The number of hydrogen-bond acceptors (Lipinski definition) is 3. The maximum absolute atomic E-state index is 12.9. The highest BCUT2D eigenvalue weighted by Gasteiger charge is 2.46. The third-order valence-electron chi connectivity index (χ3n) is 3.56. The normalized spacial score (nSPS) is 28.3. The van der Waals surface area contributed by atoms with Crippen molar-refractivity contribution in [2.45, 2.75) is 18.6 Å². The molecule has 102 valence electrons. The number of benzene rings is 1. The van der Waals surface area contributed by atoms with Crippen LogP contribution in [0, 0.1) is 5.82 Å². The minimum atomic E-state index is -2.98. The van der Waals surface area contributed by atoms with E-state index in [-0.39, 0.29) is 29.4 Å².